The van der Waals surface area contributed by atoms with Crippen molar-refractivity contribution in [2.75, 3.05) is 0 Å². The summed E-state index contributed by atoms with van der Waals surface area (Å²) in [6.45, 7) is 8.44. The second-order valence-electron chi connectivity index (χ2n) is 5.39. The Hall–Kier alpha value is -1.71. The van der Waals surface area contributed by atoms with E-state index in [0.717, 1.165) is 23.4 Å². The van der Waals surface area contributed by atoms with Crippen LogP contribution in [0, 0.1) is 5.41 Å². The molecule has 4 heteroatoms. The number of aromatic nitrogens is 2. The van der Waals surface area contributed by atoms with Crippen molar-refractivity contribution in [1.82, 2.24) is 9.97 Å². The van der Waals surface area contributed by atoms with Crippen molar-refractivity contribution in [2.24, 2.45) is 5.41 Å². The lowest BCUT2D eigenvalue weighted by Crippen LogP contribution is -2.10. The fourth-order valence-electron chi connectivity index (χ4n) is 2.22. The van der Waals surface area contributed by atoms with E-state index < -0.39 is 5.97 Å². The predicted octanol–water partition coefficient (Wildman–Crippen LogP) is 2.55. The zero-order valence-electron chi connectivity index (χ0n) is 10.5. The monoisotopic (exact) mass is 232 g/mol. The molecule has 0 aromatic carbocycles. The van der Waals surface area contributed by atoms with Gasteiger partial charge in [-0.3, -0.25) is 4.98 Å². The number of hydrogen-bond acceptors (Lipinski definition) is 3. The third kappa shape index (κ3) is 1.95. The molecule has 2 rings (SSSR count). The maximum absolute atomic E-state index is 10.9. The zero-order chi connectivity index (χ0) is 12.8. The first-order valence-electron chi connectivity index (χ1n) is 5.60. The van der Waals surface area contributed by atoms with Crippen LogP contribution in [-0.4, -0.2) is 21.0 Å². The predicted molar refractivity (Wildman–Crippen MR) is 64.7 cm³/mol. The molecular weight excluding hydrogens is 216 g/mol. The highest BCUT2D eigenvalue weighted by Crippen LogP contribution is 2.39. The Morgan fingerprint density at radius 1 is 1.41 bits per heavy atom. The number of rotatable bonds is 1. The summed E-state index contributed by atoms with van der Waals surface area (Å²) in [5.41, 5.74) is 4.07. The number of carboxylic acids is 1. The van der Waals surface area contributed by atoms with E-state index in [1.54, 1.807) is 0 Å². The van der Waals surface area contributed by atoms with E-state index in [4.69, 9.17) is 5.11 Å². The number of aromatic carboxylic acids is 1. The highest BCUT2D eigenvalue weighted by molar-refractivity contribution is 5.86. The van der Waals surface area contributed by atoms with Gasteiger partial charge in [0.1, 0.15) is 0 Å². The van der Waals surface area contributed by atoms with Crippen molar-refractivity contribution < 1.29 is 9.90 Å². The average Bonchev–Trinajstić information content (AvgIpc) is 2.55. The Morgan fingerprint density at radius 3 is 2.59 bits per heavy atom. The minimum Gasteiger partial charge on any atom is -0.476 e. The van der Waals surface area contributed by atoms with Crippen LogP contribution in [0.1, 0.15) is 49.6 Å². The molecule has 1 aliphatic carbocycles. The molecule has 1 aromatic rings. The fraction of sp³-hybridized carbons (Fsp3) is 0.462. The molecule has 0 amide bonds. The van der Waals surface area contributed by atoms with Crippen molar-refractivity contribution >= 4 is 11.5 Å². The van der Waals surface area contributed by atoms with Crippen LogP contribution in [0.3, 0.4) is 0 Å². The molecule has 0 bridgehead atoms. The number of nitrogens with zero attached hydrogens (tertiary/aromatic N) is 2. The molecule has 0 saturated heterocycles. The SMILES string of the molecule is CC1=C(C(C)(C)C)Cc2ncc(C(=O)O)nc21. The summed E-state index contributed by atoms with van der Waals surface area (Å²) in [5.74, 6) is -1.03. The second-order valence-corrected chi connectivity index (χ2v) is 5.39. The molecule has 0 unspecified atom stereocenters. The number of allylic oxidation sites excluding steroid dienone is 2. The van der Waals surface area contributed by atoms with Gasteiger partial charge in [0.15, 0.2) is 5.69 Å². The summed E-state index contributed by atoms with van der Waals surface area (Å²) < 4.78 is 0. The van der Waals surface area contributed by atoms with Crippen LogP contribution in [0.2, 0.25) is 0 Å². The third-order valence-electron chi connectivity index (χ3n) is 3.12. The molecule has 1 heterocycles. The van der Waals surface area contributed by atoms with Crippen LogP contribution in [0.15, 0.2) is 11.8 Å². The normalized spacial score (nSPS) is 15.1. The maximum Gasteiger partial charge on any atom is 0.356 e. The van der Waals surface area contributed by atoms with Gasteiger partial charge in [-0.1, -0.05) is 26.3 Å². The molecule has 1 aromatic heterocycles. The molecule has 1 aliphatic rings. The first kappa shape index (κ1) is 11.8. The van der Waals surface area contributed by atoms with Gasteiger partial charge in [0.2, 0.25) is 0 Å². The smallest absolute Gasteiger partial charge is 0.356 e. The Morgan fingerprint density at radius 2 is 2.06 bits per heavy atom. The fourth-order valence-corrected chi connectivity index (χ4v) is 2.22. The second kappa shape index (κ2) is 3.65. The lowest BCUT2D eigenvalue weighted by atomic mass is 9.84. The van der Waals surface area contributed by atoms with Crippen LogP contribution < -0.4 is 0 Å². The molecule has 4 nitrogen and oxygen atoms in total. The van der Waals surface area contributed by atoms with E-state index in [9.17, 15) is 4.79 Å². The van der Waals surface area contributed by atoms with Gasteiger partial charge in [0, 0.05) is 6.42 Å². The average molecular weight is 232 g/mol. The summed E-state index contributed by atoms with van der Waals surface area (Å²) in [6, 6.07) is 0. The molecule has 0 spiro atoms. The van der Waals surface area contributed by atoms with E-state index in [0.29, 0.717) is 0 Å². The number of hydrogen-bond donors (Lipinski definition) is 1. The number of fused-ring (bicyclic) bond motifs is 1. The van der Waals surface area contributed by atoms with Gasteiger partial charge in [-0.15, -0.1) is 0 Å². The molecular formula is C13H16N2O2. The Labute approximate surface area is 100 Å². The lowest BCUT2D eigenvalue weighted by Gasteiger charge is -2.21. The molecule has 0 saturated carbocycles. The van der Waals surface area contributed by atoms with Gasteiger partial charge >= 0.3 is 5.97 Å². The molecule has 1 N–H and O–H groups in total. The van der Waals surface area contributed by atoms with Crippen molar-refractivity contribution in [2.45, 2.75) is 34.1 Å². The van der Waals surface area contributed by atoms with E-state index >= 15 is 0 Å². The third-order valence-corrected chi connectivity index (χ3v) is 3.12. The van der Waals surface area contributed by atoms with Crippen LogP contribution in [0.25, 0.3) is 5.57 Å². The summed E-state index contributed by atoms with van der Waals surface area (Å²) >= 11 is 0. The molecule has 17 heavy (non-hydrogen) atoms. The van der Waals surface area contributed by atoms with E-state index in [1.807, 2.05) is 6.92 Å². The Kier molecular flexibility index (Phi) is 2.53. The topological polar surface area (TPSA) is 63.1 Å². The standard InChI is InChI=1S/C13H16N2O2/c1-7-8(13(2,3)4)5-9-11(7)15-10(6-14-9)12(16)17/h6H,5H2,1-4H3,(H,16,17). The number of carboxylic acid groups (broad SMARTS) is 1. The highest BCUT2D eigenvalue weighted by atomic mass is 16.4. The van der Waals surface area contributed by atoms with E-state index in [1.165, 1.54) is 11.8 Å². The Bertz CT molecular complexity index is 525. The van der Waals surface area contributed by atoms with Gasteiger partial charge in [-0.25, -0.2) is 9.78 Å². The summed E-state index contributed by atoms with van der Waals surface area (Å²) in [7, 11) is 0. The van der Waals surface area contributed by atoms with Crippen LogP contribution in [0.5, 0.6) is 0 Å². The van der Waals surface area contributed by atoms with Gasteiger partial charge < -0.3 is 5.11 Å². The van der Waals surface area contributed by atoms with E-state index in [-0.39, 0.29) is 11.1 Å². The van der Waals surface area contributed by atoms with Crippen molar-refractivity contribution in [3.63, 3.8) is 0 Å². The van der Waals surface area contributed by atoms with Crippen molar-refractivity contribution in [1.29, 1.82) is 0 Å². The molecule has 0 radical (unpaired) electrons. The van der Waals surface area contributed by atoms with Gasteiger partial charge in [-0.05, 0) is 17.9 Å². The molecule has 0 aliphatic heterocycles. The van der Waals surface area contributed by atoms with Gasteiger partial charge in [0.25, 0.3) is 0 Å². The maximum atomic E-state index is 10.9. The minimum absolute atomic E-state index is 0.0123. The summed E-state index contributed by atoms with van der Waals surface area (Å²) in [5, 5.41) is 8.91. The van der Waals surface area contributed by atoms with E-state index in [2.05, 4.69) is 30.7 Å². The number of carbonyl (C=O) groups is 1. The summed E-state index contributed by atoms with van der Waals surface area (Å²) in [6.07, 6.45) is 2.11. The molecule has 0 fully saturated rings. The highest BCUT2D eigenvalue weighted by Gasteiger charge is 2.29. The quantitative estimate of drug-likeness (QED) is 0.808. The first-order chi connectivity index (χ1) is 7.80. The van der Waals surface area contributed by atoms with Crippen LogP contribution >= 0.6 is 0 Å². The Balaban J connectivity index is 2.52. The van der Waals surface area contributed by atoms with Crippen LogP contribution in [-0.2, 0) is 6.42 Å². The van der Waals surface area contributed by atoms with Crippen molar-refractivity contribution in [3.8, 4) is 0 Å². The van der Waals surface area contributed by atoms with Gasteiger partial charge in [-0.2, -0.15) is 0 Å². The molecule has 90 valence electrons. The summed E-state index contributed by atoms with van der Waals surface area (Å²) in [4.78, 5) is 19.3. The van der Waals surface area contributed by atoms with Gasteiger partial charge in [0.05, 0.1) is 17.6 Å². The first-order valence-corrected chi connectivity index (χ1v) is 5.60. The minimum atomic E-state index is -1.03. The molecule has 0 atom stereocenters. The van der Waals surface area contributed by atoms with Crippen molar-refractivity contribution in [3.05, 3.63) is 28.9 Å². The lowest BCUT2D eigenvalue weighted by molar-refractivity contribution is 0.0690. The van der Waals surface area contributed by atoms with Crippen LogP contribution in [0.4, 0.5) is 0 Å². The largest absolute Gasteiger partial charge is 0.476 e. The zero-order valence-corrected chi connectivity index (χ0v) is 10.5.